The highest BCUT2D eigenvalue weighted by atomic mass is 32.1. The number of rotatable bonds is 2. The van der Waals surface area contributed by atoms with Crippen LogP contribution in [0.4, 0.5) is 0 Å². The Hall–Kier alpha value is -1.11. The molecule has 0 saturated heterocycles. The van der Waals surface area contributed by atoms with E-state index in [1.807, 2.05) is 12.1 Å². The molecule has 1 aromatic heterocycles. The summed E-state index contributed by atoms with van der Waals surface area (Å²) in [5.74, 6) is 0.644. The van der Waals surface area contributed by atoms with Gasteiger partial charge >= 0.3 is 7.12 Å². The Morgan fingerprint density at radius 1 is 1.43 bits per heavy atom. The lowest BCUT2D eigenvalue weighted by Crippen LogP contribution is -2.28. The van der Waals surface area contributed by atoms with Crippen LogP contribution in [0.3, 0.4) is 0 Å². The maximum Gasteiger partial charge on any atom is 0.519 e. The molecule has 4 nitrogen and oxygen atoms in total. The van der Waals surface area contributed by atoms with Gasteiger partial charge in [-0.1, -0.05) is 6.07 Å². The number of hydrogen-bond donors (Lipinski definition) is 2. The minimum atomic E-state index is -1.52. The van der Waals surface area contributed by atoms with Crippen LogP contribution < -0.4 is 9.64 Å². The summed E-state index contributed by atoms with van der Waals surface area (Å²) in [6, 6.07) is 5.49. The van der Waals surface area contributed by atoms with Crippen molar-refractivity contribution in [3.8, 4) is 5.75 Å². The quantitative estimate of drug-likeness (QED) is 0.682. The van der Waals surface area contributed by atoms with Gasteiger partial charge in [0.1, 0.15) is 16.2 Å². The lowest BCUT2D eigenvalue weighted by Gasteiger charge is -1.98. The van der Waals surface area contributed by atoms with E-state index in [0.717, 1.165) is 4.70 Å². The van der Waals surface area contributed by atoms with E-state index in [1.165, 1.54) is 11.3 Å². The molecule has 1 aromatic carbocycles. The average molecular weight is 209 g/mol. The van der Waals surface area contributed by atoms with Gasteiger partial charge in [0, 0.05) is 0 Å². The number of aromatic nitrogens is 1. The van der Waals surface area contributed by atoms with Crippen molar-refractivity contribution >= 4 is 33.6 Å². The number of fused-ring (bicyclic) bond motifs is 1. The molecule has 14 heavy (non-hydrogen) atoms. The summed E-state index contributed by atoms with van der Waals surface area (Å²) in [5.41, 5.74) is 0.670. The Morgan fingerprint density at radius 2 is 2.21 bits per heavy atom. The summed E-state index contributed by atoms with van der Waals surface area (Å²) in [7, 11) is 0.0421. The summed E-state index contributed by atoms with van der Waals surface area (Å²) in [6.45, 7) is 0. The summed E-state index contributed by atoms with van der Waals surface area (Å²) < 4.78 is 5.98. The molecular weight excluding hydrogens is 201 g/mol. The third kappa shape index (κ3) is 1.47. The Bertz CT molecular complexity index is 457. The molecule has 0 amide bonds. The fourth-order valence-electron chi connectivity index (χ4n) is 1.22. The molecule has 0 radical (unpaired) electrons. The van der Waals surface area contributed by atoms with E-state index in [9.17, 15) is 0 Å². The normalized spacial score (nSPS) is 10.5. The lowest BCUT2D eigenvalue weighted by molar-refractivity contribution is 0.418. The number of benzene rings is 1. The molecule has 0 aliphatic heterocycles. The predicted molar refractivity (Wildman–Crippen MR) is 56.0 cm³/mol. The molecule has 1 heterocycles. The fourth-order valence-corrected chi connectivity index (χ4v) is 2.07. The van der Waals surface area contributed by atoms with Gasteiger partial charge in [0.05, 0.1) is 11.8 Å². The van der Waals surface area contributed by atoms with Crippen molar-refractivity contribution in [3.05, 3.63) is 18.2 Å². The second kappa shape index (κ2) is 3.57. The smallest absolute Gasteiger partial charge is 0.494 e. The van der Waals surface area contributed by atoms with Crippen molar-refractivity contribution in [1.29, 1.82) is 0 Å². The number of thiazole rings is 1. The number of methoxy groups -OCH3 is 1. The molecule has 2 aromatic rings. The first kappa shape index (κ1) is 9.45. The monoisotopic (exact) mass is 209 g/mol. The topological polar surface area (TPSA) is 62.6 Å². The zero-order valence-electron chi connectivity index (χ0n) is 7.47. The molecule has 0 spiro atoms. The van der Waals surface area contributed by atoms with Gasteiger partial charge in [-0.2, -0.15) is 0 Å². The van der Waals surface area contributed by atoms with E-state index in [0.29, 0.717) is 11.3 Å². The molecule has 0 aliphatic rings. The fraction of sp³-hybridized carbons (Fsp3) is 0.125. The van der Waals surface area contributed by atoms with Crippen LogP contribution in [0.15, 0.2) is 18.2 Å². The van der Waals surface area contributed by atoms with Crippen LogP contribution in [0.1, 0.15) is 0 Å². The van der Waals surface area contributed by atoms with Gasteiger partial charge in [0.2, 0.25) is 0 Å². The summed E-state index contributed by atoms with van der Waals surface area (Å²) >= 11 is 1.24. The lowest BCUT2D eigenvalue weighted by atomic mass is 9.94. The Kier molecular flexibility index (Phi) is 2.41. The molecule has 2 rings (SSSR count). The van der Waals surface area contributed by atoms with Crippen LogP contribution in [-0.4, -0.2) is 29.3 Å². The third-order valence-corrected chi connectivity index (χ3v) is 2.90. The van der Waals surface area contributed by atoms with Crippen molar-refractivity contribution in [2.24, 2.45) is 0 Å². The SMILES string of the molecule is COc1cccc2sc(B(O)O)nc12. The van der Waals surface area contributed by atoms with Crippen LogP contribution in [0.25, 0.3) is 10.2 Å². The van der Waals surface area contributed by atoms with E-state index in [-0.39, 0.29) is 4.91 Å². The average Bonchev–Trinajstić information content (AvgIpc) is 2.60. The zero-order chi connectivity index (χ0) is 10.1. The summed E-state index contributed by atoms with van der Waals surface area (Å²) in [5, 5.41) is 17.9. The van der Waals surface area contributed by atoms with Crippen molar-refractivity contribution < 1.29 is 14.8 Å². The van der Waals surface area contributed by atoms with Crippen LogP contribution in [0.5, 0.6) is 5.75 Å². The van der Waals surface area contributed by atoms with Crippen LogP contribution >= 0.6 is 11.3 Å². The highest BCUT2D eigenvalue weighted by molar-refractivity contribution is 7.27. The third-order valence-electron chi connectivity index (χ3n) is 1.84. The number of hydrogen-bond acceptors (Lipinski definition) is 5. The maximum atomic E-state index is 8.95. The number of para-hydroxylation sites is 1. The first-order valence-corrected chi connectivity index (χ1v) is 4.83. The molecule has 0 bridgehead atoms. The van der Waals surface area contributed by atoms with Gasteiger partial charge in [-0.15, -0.1) is 11.3 Å². The molecule has 0 unspecified atom stereocenters. The largest absolute Gasteiger partial charge is 0.519 e. The van der Waals surface area contributed by atoms with E-state index >= 15 is 0 Å². The molecule has 6 heteroatoms. The standard InChI is InChI=1S/C8H8BNO3S/c1-13-5-3-2-4-6-7(5)10-8(14-6)9(11)12/h2-4,11-12H,1H3. The molecule has 0 saturated carbocycles. The highest BCUT2D eigenvalue weighted by Gasteiger charge is 2.18. The van der Waals surface area contributed by atoms with E-state index < -0.39 is 7.12 Å². The van der Waals surface area contributed by atoms with Crippen LogP contribution in [0, 0.1) is 0 Å². The molecule has 0 aliphatic carbocycles. The van der Waals surface area contributed by atoms with E-state index in [2.05, 4.69) is 4.98 Å². The van der Waals surface area contributed by atoms with Crippen LogP contribution in [0.2, 0.25) is 0 Å². The van der Waals surface area contributed by atoms with Gasteiger partial charge < -0.3 is 14.8 Å². The highest BCUT2D eigenvalue weighted by Crippen LogP contribution is 2.25. The summed E-state index contributed by atoms with van der Waals surface area (Å²) in [4.78, 5) is 4.36. The first-order chi connectivity index (χ1) is 6.72. The maximum absolute atomic E-state index is 8.95. The Balaban J connectivity index is 2.64. The van der Waals surface area contributed by atoms with Gasteiger partial charge in [0.25, 0.3) is 0 Å². The molecule has 2 N–H and O–H groups in total. The van der Waals surface area contributed by atoms with E-state index in [4.69, 9.17) is 14.8 Å². The molecule has 0 fully saturated rings. The Labute approximate surface area is 84.9 Å². The molecule has 0 atom stereocenters. The molecular formula is C8H8BNO3S. The second-order valence-electron chi connectivity index (χ2n) is 2.73. The minimum absolute atomic E-state index is 0.282. The second-order valence-corrected chi connectivity index (χ2v) is 3.80. The number of nitrogens with zero attached hydrogens (tertiary/aromatic N) is 1. The predicted octanol–water partition coefficient (Wildman–Crippen LogP) is -0.0153. The van der Waals surface area contributed by atoms with Crippen molar-refractivity contribution in [2.75, 3.05) is 7.11 Å². The minimum Gasteiger partial charge on any atom is -0.494 e. The zero-order valence-corrected chi connectivity index (χ0v) is 8.28. The van der Waals surface area contributed by atoms with E-state index in [1.54, 1.807) is 13.2 Å². The van der Waals surface area contributed by atoms with Gasteiger partial charge in [0.15, 0.2) is 0 Å². The van der Waals surface area contributed by atoms with Crippen LogP contribution in [-0.2, 0) is 0 Å². The number of ether oxygens (including phenoxy) is 1. The van der Waals surface area contributed by atoms with Crippen molar-refractivity contribution in [1.82, 2.24) is 4.98 Å². The van der Waals surface area contributed by atoms with Gasteiger partial charge in [-0.05, 0) is 12.1 Å². The Morgan fingerprint density at radius 3 is 2.86 bits per heavy atom. The van der Waals surface area contributed by atoms with Crippen molar-refractivity contribution in [2.45, 2.75) is 0 Å². The van der Waals surface area contributed by atoms with Gasteiger partial charge in [-0.25, -0.2) is 4.98 Å². The first-order valence-electron chi connectivity index (χ1n) is 4.02. The van der Waals surface area contributed by atoms with Crippen molar-refractivity contribution in [3.63, 3.8) is 0 Å². The van der Waals surface area contributed by atoms with Gasteiger partial charge in [-0.3, -0.25) is 0 Å². The molecule has 72 valence electrons. The summed E-state index contributed by atoms with van der Waals surface area (Å²) in [6.07, 6.45) is 0.